The van der Waals surface area contributed by atoms with E-state index in [2.05, 4.69) is 30.9 Å². The van der Waals surface area contributed by atoms with Crippen molar-refractivity contribution in [3.05, 3.63) is 23.8 Å². The Bertz CT molecular complexity index is 491. The van der Waals surface area contributed by atoms with Gasteiger partial charge >= 0.3 is 0 Å². The number of amides is 1. The van der Waals surface area contributed by atoms with Gasteiger partial charge in [-0.25, -0.2) is 0 Å². The second kappa shape index (κ2) is 8.06. The Balaban J connectivity index is 1.93. The highest BCUT2D eigenvalue weighted by atomic mass is 16.2. The number of rotatable bonds is 6. The summed E-state index contributed by atoms with van der Waals surface area (Å²) >= 11 is 0. The molecule has 0 unspecified atom stereocenters. The fraction of sp³-hybridized carbons (Fsp3) is 0.611. The van der Waals surface area contributed by atoms with E-state index in [1.165, 1.54) is 6.42 Å². The molecular weight excluding hydrogens is 274 g/mol. The SMILES string of the molecule is CCN(CC)c1ccc(CCC(=O)N2CCCCC2)cc1N. The van der Waals surface area contributed by atoms with Gasteiger partial charge in [0.25, 0.3) is 0 Å². The summed E-state index contributed by atoms with van der Waals surface area (Å²) < 4.78 is 0. The topological polar surface area (TPSA) is 49.6 Å². The van der Waals surface area contributed by atoms with Crippen molar-refractivity contribution in [3.63, 3.8) is 0 Å². The Morgan fingerprint density at radius 3 is 2.45 bits per heavy atom. The van der Waals surface area contributed by atoms with Crippen LogP contribution in [-0.2, 0) is 11.2 Å². The number of hydrogen-bond donors (Lipinski definition) is 1. The summed E-state index contributed by atoms with van der Waals surface area (Å²) in [6.07, 6.45) is 4.92. The number of nitrogens with zero attached hydrogens (tertiary/aromatic N) is 2. The molecule has 0 aromatic heterocycles. The van der Waals surface area contributed by atoms with Crippen LogP contribution < -0.4 is 10.6 Å². The molecule has 0 radical (unpaired) electrons. The average Bonchev–Trinajstić information content (AvgIpc) is 2.56. The molecule has 1 heterocycles. The van der Waals surface area contributed by atoms with Gasteiger partial charge in [-0.1, -0.05) is 6.07 Å². The number of hydrogen-bond acceptors (Lipinski definition) is 3. The van der Waals surface area contributed by atoms with Crippen molar-refractivity contribution in [1.29, 1.82) is 0 Å². The van der Waals surface area contributed by atoms with Crippen LogP contribution in [0.1, 0.15) is 45.1 Å². The standard InChI is InChI=1S/C18H29N3O/c1-3-20(4-2)17-10-8-15(14-16(17)19)9-11-18(22)21-12-6-5-7-13-21/h8,10,14H,3-7,9,11-13,19H2,1-2H3. The Hall–Kier alpha value is -1.71. The molecule has 0 spiro atoms. The Morgan fingerprint density at radius 2 is 1.86 bits per heavy atom. The van der Waals surface area contributed by atoms with Gasteiger partial charge in [0, 0.05) is 32.6 Å². The van der Waals surface area contributed by atoms with Gasteiger partial charge in [-0.2, -0.15) is 0 Å². The van der Waals surface area contributed by atoms with Crippen molar-refractivity contribution in [2.75, 3.05) is 36.8 Å². The number of piperidine rings is 1. The molecule has 1 aliphatic heterocycles. The molecule has 4 heteroatoms. The quantitative estimate of drug-likeness (QED) is 0.822. The van der Waals surface area contributed by atoms with Gasteiger partial charge in [0.15, 0.2) is 0 Å². The van der Waals surface area contributed by atoms with Crippen LogP contribution in [0.4, 0.5) is 11.4 Å². The van der Waals surface area contributed by atoms with Gasteiger partial charge in [-0.3, -0.25) is 4.79 Å². The molecule has 1 aromatic rings. The van der Waals surface area contributed by atoms with Crippen molar-refractivity contribution in [2.24, 2.45) is 0 Å². The minimum absolute atomic E-state index is 0.283. The van der Waals surface area contributed by atoms with Crippen molar-refractivity contribution < 1.29 is 4.79 Å². The summed E-state index contributed by atoms with van der Waals surface area (Å²) in [6.45, 7) is 8.03. The molecule has 1 aliphatic rings. The lowest BCUT2D eigenvalue weighted by atomic mass is 10.1. The first kappa shape index (κ1) is 16.7. The zero-order chi connectivity index (χ0) is 15.9. The molecule has 2 N–H and O–H groups in total. The lowest BCUT2D eigenvalue weighted by molar-refractivity contribution is -0.132. The maximum atomic E-state index is 12.2. The van der Waals surface area contributed by atoms with Crippen LogP contribution in [0.5, 0.6) is 0 Å². The molecular formula is C18H29N3O. The lowest BCUT2D eigenvalue weighted by Crippen LogP contribution is -2.35. The molecule has 0 bridgehead atoms. The summed E-state index contributed by atoms with van der Waals surface area (Å²) in [6, 6.07) is 6.22. The van der Waals surface area contributed by atoms with E-state index in [4.69, 9.17) is 5.73 Å². The highest BCUT2D eigenvalue weighted by molar-refractivity contribution is 5.76. The zero-order valence-corrected chi connectivity index (χ0v) is 14.0. The summed E-state index contributed by atoms with van der Waals surface area (Å²) in [7, 11) is 0. The molecule has 1 saturated heterocycles. The number of benzene rings is 1. The van der Waals surface area contributed by atoms with E-state index >= 15 is 0 Å². The number of aryl methyl sites for hydroxylation is 1. The Kier molecular flexibility index (Phi) is 6.10. The fourth-order valence-corrected chi connectivity index (χ4v) is 3.16. The first-order chi connectivity index (χ1) is 10.7. The maximum absolute atomic E-state index is 12.2. The third-order valence-corrected chi connectivity index (χ3v) is 4.53. The minimum Gasteiger partial charge on any atom is -0.397 e. The van der Waals surface area contributed by atoms with Gasteiger partial charge in [0.1, 0.15) is 0 Å². The van der Waals surface area contributed by atoms with E-state index in [0.717, 1.165) is 62.4 Å². The zero-order valence-electron chi connectivity index (χ0n) is 14.0. The predicted octanol–water partition coefficient (Wildman–Crippen LogP) is 3.06. The van der Waals surface area contributed by atoms with Gasteiger partial charge in [0.2, 0.25) is 5.91 Å². The molecule has 0 aliphatic carbocycles. The molecule has 1 amide bonds. The molecule has 1 aromatic carbocycles. The third kappa shape index (κ3) is 4.15. The third-order valence-electron chi connectivity index (χ3n) is 4.53. The highest BCUT2D eigenvalue weighted by Crippen LogP contribution is 2.25. The summed E-state index contributed by atoms with van der Waals surface area (Å²) in [4.78, 5) is 16.5. The van der Waals surface area contributed by atoms with Crippen molar-refractivity contribution in [1.82, 2.24) is 4.90 Å². The van der Waals surface area contributed by atoms with Gasteiger partial charge in [-0.05, 0) is 57.2 Å². The first-order valence-corrected chi connectivity index (χ1v) is 8.56. The van der Waals surface area contributed by atoms with Crippen LogP contribution in [0.25, 0.3) is 0 Å². The number of carbonyl (C=O) groups excluding carboxylic acids is 1. The second-order valence-corrected chi connectivity index (χ2v) is 6.01. The van der Waals surface area contributed by atoms with Gasteiger partial charge in [-0.15, -0.1) is 0 Å². The van der Waals surface area contributed by atoms with Gasteiger partial charge < -0.3 is 15.5 Å². The van der Waals surface area contributed by atoms with E-state index in [1.807, 2.05) is 11.0 Å². The molecule has 1 fully saturated rings. The molecule has 0 saturated carbocycles. The molecule has 122 valence electrons. The van der Waals surface area contributed by atoms with Crippen LogP contribution in [0.15, 0.2) is 18.2 Å². The highest BCUT2D eigenvalue weighted by Gasteiger charge is 2.16. The van der Waals surface area contributed by atoms with Crippen LogP contribution >= 0.6 is 0 Å². The van der Waals surface area contributed by atoms with E-state index in [9.17, 15) is 4.79 Å². The monoisotopic (exact) mass is 303 g/mol. The minimum atomic E-state index is 0.283. The smallest absolute Gasteiger partial charge is 0.222 e. The molecule has 4 nitrogen and oxygen atoms in total. The van der Waals surface area contributed by atoms with E-state index in [0.29, 0.717) is 6.42 Å². The molecule has 0 atom stereocenters. The number of nitrogen functional groups attached to an aromatic ring is 1. The predicted molar refractivity (Wildman–Crippen MR) is 93.2 cm³/mol. The first-order valence-electron chi connectivity index (χ1n) is 8.56. The summed E-state index contributed by atoms with van der Waals surface area (Å²) in [5, 5.41) is 0. The van der Waals surface area contributed by atoms with Crippen LogP contribution in [0.2, 0.25) is 0 Å². The Labute approximate surface area is 134 Å². The van der Waals surface area contributed by atoms with Crippen molar-refractivity contribution >= 4 is 17.3 Å². The Morgan fingerprint density at radius 1 is 1.18 bits per heavy atom. The summed E-state index contributed by atoms with van der Waals surface area (Å²) in [5.74, 6) is 0.283. The van der Waals surface area contributed by atoms with Gasteiger partial charge in [0.05, 0.1) is 11.4 Å². The average molecular weight is 303 g/mol. The number of nitrogens with two attached hydrogens (primary N) is 1. The van der Waals surface area contributed by atoms with E-state index in [1.54, 1.807) is 0 Å². The largest absolute Gasteiger partial charge is 0.397 e. The number of carbonyl (C=O) groups is 1. The van der Waals surface area contributed by atoms with Crippen LogP contribution in [0, 0.1) is 0 Å². The van der Waals surface area contributed by atoms with E-state index in [-0.39, 0.29) is 5.91 Å². The summed E-state index contributed by atoms with van der Waals surface area (Å²) in [5.41, 5.74) is 9.24. The van der Waals surface area contributed by atoms with E-state index < -0.39 is 0 Å². The maximum Gasteiger partial charge on any atom is 0.222 e. The fourth-order valence-electron chi connectivity index (χ4n) is 3.16. The molecule has 22 heavy (non-hydrogen) atoms. The second-order valence-electron chi connectivity index (χ2n) is 6.01. The normalized spacial score (nSPS) is 14.9. The van der Waals surface area contributed by atoms with Crippen LogP contribution in [-0.4, -0.2) is 37.0 Å². The number of anilines is 2. The van der Waals surface area contributed by atoms with Crippen LogP contribution in [0.3, 0.4) is 0 Å². The molecule has 2 rings (SSSR count). The van der Waals surface area contributed by atoms with Crippen molar-refractivity contribution in [2.45, 2.75) is 46.0 Å². The van der Waals surface area contributed by atoms with Crippen molar-refractivity contribution in [3.8, 4) is 0 Å². The number of likely N-dealkylation sites (tertiary alicyclic amines) is 1. The lowest BCUT2D eigenvalue weighted by Gasteiger charge is -2.27.